The van der Waals surface area contributed by atoms with Crippen molar-refractivity contribution in [3.8, 4) is 17.2 Å². The van der Waals surface area contributed by atoms with E-state index in [1.165, 1.54) is 14.2 Å². The minimum atomic E-state index is -4.83. The minimum Gasteiger partial charge on any atom is -0.497 e. The fourth-order valence-corrected chi connectivity index (χ4v) is 7.10. The highest BCUT2D eigenvalue weighted by Crippen LogP contribution is 2.43. The van der Waals surface area contributed by atoms with Gasteiger partial charge in [0.1, 0.15) is 29.0 Å². The summed E-state index contributed by atoms with van der Waals surface area (Å²) in [5.74, 6) is 0.851. The molecule has 0 radical (unpaired) electrons. The number of nitrogens with one attached hydrogen (secondary N) is 2. The van der Waals surface area contributed by atoms with Crippen molar-refractivity contribution in [2.24, 2.45) is 0 Å². The summed E-state index contributed by atoms with van der Waals surface area (Å²) in [4.78, 5) is 37.0. The summed E-state index contributed by atoms with van der Waals surface area (Å²) in [5.41, 5.74) is -1.56. The Kier molecular flexibility index (Phi) is 10.7. The van der Waals surface area contributed by atoms with Crippen molar-refractivity contribution in [3.05, 3.63) is 163 Å². The van der Waals surface area contributed by atoms with Gasteiger partial charge < -0.3 is 23.1 Å². The number of ether oxygens (including phenoxy) is 4. The molecule has 1 aromatic heterocycles. The van der Waals surface area contributed by atoms with Gasteiger partial charge in [-0.05, 0) is 53.1 Å². The fraction of sp³-hybridized carbons (Fsp3) is 0.222. The molecule has 0 saturated carbocycles. The molecule has 0 aliphatic carbocycles. The van der Waals surface area contributed by atoms with E-state index in [1.807, 2.05) is 35.3 Å². The van der Waals surface area contributed by atoms with Crippen molar-refractivity contribution < 1.29 is 40.9 Å². The first-order chi connectivity index (χ1) is 25.4. The molecule has 17 heteroatoms. The van der Waals surface area contributed by atoms with Gasteiger partial charge in [-0.3, -0.25) is 24.5 Å². The highest BCUT2D eigenvalue weighted by Gasteiger charge is 2.50. The highest BCUT2D eigenvalue weighted by molar-refractivity contribution is 7.85. The van der Waals surface area contributed by atoms with Gasteiger partial charge in [0.2, 0.25) is 0 Å². The molecule has 0 unspecified atom stereocenters. The molecular weight excluding hydrogens is 715 g/mol. The second-order valence-electron chi connectivity index (χ2n) is 11.8. The van der Waals surface area contributed by atoms with Gasteiger partial charge >= 0.3 is 16.0 Å². The number of aromatic amines is 1. The van der Waals surface area contributed by atoms with Crippen LogP contribution >= 0.6 is 0 Å². The number of hydrogen-bond acceptors (Lipinski definition) is 11. The Bertz CT molecular complexity index is 2220. The van der Waals surface area contributed by atoms with Crippen LogP contribution in [0.15, 0.2) is 125 Å². The van der Waals surface area contributed by atoms with Gasteiger partial charge in [0.05, 0.1) is 31.8 Å². The number of halogens is 1. The summed E-state index contributed by atoms with van der Waals surface area (Å²) in [7, 11) is -1.78. The maximum atomic E-state index is 16.5. The van der Waals surface area contributed by atoms with E-state index < -0.39 is 63.2 Å². The van der Waals surface area contributed by atoms with E-state index in [9.17, 15) is 28.1 Å². The first kappa shape index (κ1) is 36.9. The van der Waals surface area contributed by atoms with E-state index in [2.05, 4.69) is 4.72 Å². The van der Waals surface area contributed by atoms with Gasteiger partial charge in [-0.2, -0.15) is 13.1 Å². The maximum absolute atomic E-state index is 16.5. The highest BCUT2D eigenvalue weighted by atomic mass is 32.2. The average Bonchev–Trinajstić information content (AvgIpc) is 3.45. The van der Waals surface area contributed by atoms with E-state index in [0.717, 1.165) is 41.1 Å². The molecule has 1 aliphatic rings. The molecule has 2 N–H and O–H groups in total. The van der Waals surface area contributed by atoms with Crippen molar-refractivity contribution in [2.75, 3.05) is 20.8 Å². The molecular formula is C36H33FN4O11S. The van der Waals surface area contributed by atoms with Crippen LogP contribution in [-0.4, -0.2) is 62.0 Å². The topological polar surface area (TPSA) is 190 Å². The molecule has 53 heavy (non-hydrogen) atoms. The fourth-order valence-electron chi connectivity index (χ4n) is 6.07. The van der Waals surface area contributed by atoms with E-state index in [1.54, 1.807) is 48.5 Å². The van der Waals surface area contributed by atoms with Gasteiger partial charge in [-0.15, -0.1) is 0 Å². The molecule has 5 aromatic rings. The zero-order valence-electron chi connectivity index (χ0n) is 28.2. The molecule has 1 saturated heterocycles. The number of methoxy groups -OCH3 is 2. The smallest absolute Gasteiger partial charge is 0.383 e. The third kappa shape index (κ3) is 7.82. The number of H-pyrrole nitrogens is 1. The number of nitro benzene ring substituents is 1. The molecule has 2 heterocycles. The Morgan fingerprint density at radius 1 is 0.849 bits per heavy atom. The number of hydrogen-bond donors (Lipinski definition) is 2. The van der Waals surface area contributed by atoms with Gasteiger partial charge in [0.15, 0.2) is 12.4 Å². The van der Waals surface area contributed by atoms with E-state index in [-0.39, 0.29) is 11.4 Å². The maximum Gasteiger partial charge on any atom is 0.383 e. The van der Waals surface area contributed by atoms with Gasteiger partial charge in [-0.1, -0.05) is 54.6 Å². The summed E-state index contributed by atoms with van der Waals surface area (Å²) < 4.78 is 74.9. The third-order valence-electron chi connectivity index (χ3n) is 8.63. The van der Waals surface area contributed by atoms with Crippen molar-refractivity contribution in [2.45, 2.75) is 30.1 Å². The Morgan fingerprint density at radius 2 is 1.40 bits per heavy atom. The number of non-ortho nitro benzene ring substituents is 1. The summed E-state index contributed by atoms with van der Waals surface area (Å²) in [6.45, 7) is -0.466. The number of nitrogens with zero attached hydrogens (tertiary/aromatic N) is 2. The lowest BCUT2D eigenvalue weighted by Crippen LogP contribution is -2.49. The van der Waals surface area contributed by atoms with Crippen LogP contribution in [-0.2, 0) is 25.4 Å². The quantitative estimate of drug-likeness (QED) is 0.0949. The van der Waals surface area contributed by atoms with Crippen LogP contribution in [0.5, 0.6) is 17.2 Å². The van der Waals surface area contributed by atoms with Crippen molar-refractivity contribution >= 4 is 16.0 Å². The normalized spacial score (nSPS) is 18.7. The molecule has 4 aromatic carbocycles. The lowest BCUT2D eigenvalue weighted by Gasteiger charge is -2.37. The molecule has 4 atom stereocenters. The predicted molar refractivity (Wildman–Crippen MR) is 188 cm³/mol. The predicted octanol–water partition coefficient (Wildman–Crippen LogP) is 3.99. The molecule has 276 valence electrons. The zero-order chi connectivity index (χ0) is 37.8. The van der Waals surface area contributed by atoms with E-state index in [4.69, 9.17) is 23.1 Å². The Labute approximate surface area is 301 Å². The number of nitro groups is 1. The lowest BCUT2D eigenvalue weighted by atomic mass is 9.80. The Morgan fingerprint density at radius 3 is 1.92 bits per heavy atom. The first-order valence-electron chi connectivity index (χ1n) is 16.0. The number of rotatable bonds is 14. The number of alkyl halides is 1. The monoisotopic (exact) mass is 748 g/mol. The van der Waals surface area contributed by atoms with Crippen LogP contribution in [0.25, 0.3) is 0 Å². The Balaban J connectivity index is 1.41. The second-order valence-corrected chi connectivity index (χ2v) is 13.1. The molecule has 15 nitrogen and oxygen atoms in total. The van der Waals surface area contributed by atoms with Crippen molar-refractivity contribution in [1.82, 2.24) is 14.3 Å². The van der Waals surface area contributed by atoms with E-state index in [0.29, 0.717) is 28.2 Å². The standard InChI is InChI=1S/C36H33FN4O11S/c1-48-27-14-8-24(9-15-27)36(23-6-4-3-5-7-23,25-10-16-28(49-2)17-11-25)50-22-30-33(32(37)34(51-30)40-21-20-31(42)38-35(40)43)39-53(46,47)52-29-18-12-26(13-19-29)41(44)45/h3-21,30,32-34,39H,22H2,1-2H3,(H,38,42,43)/t30-,32-,33-,34-/m1/s1. The molecule has 6 rings (SSSR count). The van der Waals surface area contributed by atoms with Gasteiger partial charge in [0.25, 0.3) is 11.2 Å². The van der Waals surface area contributed by atoms with Crippen LogP contribution in [0.4, 0.5) is 10.1 Å². The largest absolute Gasteiger partial charge is 0.497 e. The summed E-state index contributed by atoms with van der Waals surface area (Å²) in [6.07, 6.45) is -4.32. The molecule has 1 aliphatic heterocycles. The molecule has 1 fully saturated rings. The van der Waals surface area contributed by atoms with Crippen molar-refractivity contribution in [1.29, 1.82) is 0 Å². The minimum absolute atomic E-state index is 0.291. The van der Waals surface area contributed by atoms with Crippen LogP contribution in [0, 0.1) is 10.1 Å². The number of benzene rings is 4. The Hall–Kier alpha value is -5.88. The van der Waals surface area contributed by atoms with E-state index >= 15 is 4.39 Å². The zero-order valence-corrected chi connectivity index (χ0v) is 29.0. The molecule has 0 amide bonds. The molecule has 0 bridgehead atoms. The summed E-state index contributed by atoms with van der Waals surface area (Å²) >= 11 is 0. The van der Waals surface area contributed by atoms with Crippen LogP contribution < -0.4 is 29.6 Å². The van der Waals surface area contributed by atoms with Gasteiger partial charge in [0, 0.05) is 24.4 Å². The second kappa shape index (κ2) is 15.4. The summed E-state index contributed by atoms with van der Waals surface area (Å²) in [5, 5.41) is 11.1. The molecule has 0 spiro atoms. The van der Waals surface area contributed by atoms with Crippen LogP contribution in [0.2, 0.25) is 0 Å². The average molecular weight is 749 g/mol. The first-order valence-corrected chi connectivity index (χ1v) is 17.4. The SMILES string of the molecule is COc1ccc(C(OC[C@H]2O[C@@H](n3ccc(=O)[nH]c3=O)[C@H](F)[C@@H]2NS(=O)(=O)Oc2ccc([N+](=O)[O-])cc2)(c2ccccc2)c2ccc(OC)cc2)cc1. The number of aromatic nitrogens is 2. The third-order valence-corrected chi connectivity index (χ3v) is 9.60. The van der Waals surface area contributed by atoms with Crippen molar-refractivity contribution in [3.63, 3.8) is 0 Å². The van der Waals surface area contributed by atoms with Gasteiger partial charge in [-0.25, -0.2) is 9.18 Å². The van der Waals surface area contributed by atoms with Crippen LogP contribution in [0.1, 0.15) is 22.9 Å². The lowest BCUT2D eigenvalue weighted by molar-refractivity contribution is -0.384. The summed E-state index contributed by atoms with van der Waals surface area (Å²) in [6, 6.07) is 26.8. The van der Waals surface area contributed by atoms with Crippen LogP contribution in [0.3, 0.4) is 0 Å².